The van der Waals surface area contributed by atoms with Gasteiger partial charge in [0.1, 0.15) is 0 Å². The highest BCUT2D eigenvalue weighted by atomic mass is 35.5. The first-order valence-corrected chi connectivity index (χ1v) is 8.49. The van der Waals surface area contributed by atoms with Crippen molar-refractivity contribution in [1.82, 2.24) is 4.31 Å². The van der Waals surface area contributed by atoms with Crippen LogP contribution in [0.5, 0.6) is 0 Å². The molecular weight excluding hydrogens is 282 g/mol. The Hall–Kier alpha value is -0.580. The number of rotatable bonds is 5. The number of hydrogen-bond acceptors (Lipinski definition) is 2. The number of sulfonamides is 1. The lowest BCUT2D eigenvalue weighted by Crippen LogP contribution is -2.36. The van der Waals surface area contributed by atoms with Gasteiger partial charge in [-0.1, -0.05) is 12.1 Å². The Bertz CT molecular complexity index is 567. The number of hydrogen-bond donors (Lipinski definition) is 0. The average molecular weight is 302 g/mol. The molecule has 0 radical (unpaired) electrons. The van der Waals surface area contributed by atoms with Crippen LogP contribution >= 0.6 is 11.6 Å². The second-order valence-electron chi connectivity index (χ2n) is 5.27. The predicted octanol–water partition coefficient (Wildman–Crippen LogP) is 3.15. The molecule has 3 nitrogen and oxygen atoms in total. The maximum absolute atomic E-state index is 12.7. The van der Waals surface area contributed by atoms with Crippen LogP contribution < -0.4 is 0 Å². The largest absolute Gasteiger partial charge is 0.243 e. The predicted molar refractivity (Wildman–Crippen MR) is 77.9 cm³/mol. The number of alkyl halides is 1. The first kappa shape index (κ1) is 14.8. The minimum atomic E-state index is -3.43. The Morgan fingerprint density at radius 3 is 2.58 bits per heavy atom. The van der Waals surface area contributed by atoms with Crippen LogP contribution in [0.4, 0.5) is 0 Å². The van der Waals surface area contributed by atoms with Crippen LogP contribution in [0.1, 0.15) is 30.9 Å². The molecule has 1 fully saturated rings. The molecule has 0 bridgehead atoms. The topological polar surface area (TPSA) is 37.4 Å². The molecule has 0 aromatic heterocycles. The van der Waals surface area contributed by atoms with Gasteiger partial charge in [0.25, 0.3) is 0 Å². The monoisotopic (exact) mass is 301 g/mol. The zero-order chi connectivity index (χ0) is 14.2. The van der Waals surface area contributed by atoms with Gasteiger partial charge in [0.2, 0.25) is 10.0 Å². The lowest BCUT2D eigenvalue weighted by Gasteiger charge is -2.25. The van der Waals surface area contributed by atoms with Crippen LogP contribution in [0.15, 0.2) is 23.1 Å². The van der Waals surface area contributed by atoms with Crippen LogP contribution in [0, 0.1) is 12.8 Å². The van der Waals surface area contributed by atoms with Gasteiger partial charge in [-0.05, 0) is 49.8 Å². The van der Waals surface area contributed by atoms with Gasteiger partial charge >= 0.3 is 0 Å². The first-order chi connectivity index (χ1) is 8.89. The van der Waals surface area contributed by atoms with Crippen molar-refractivity contribution in [2.45, 2.75) is 43.5 Å². The van der Waals surface area contributed by atoms with Crippen molar-refractivity contribution >= 4 is 21.6 Å². The summed E-state index contributed by atoms with van der Waals surface area (Å²) in [5, 5.41) is 0. The summed E-state index contributed by atoms with van der Waals surface area (Å²) in [6.45, 7) is 3.80. The lowest BCUT2D eigenvalue weighted by molar-refractivity contribution is 0.357. The normalized spacial score (nSPS) is 17.7. The van der Waals surface area contributed by atoms with E-state index in [2.05, 4.69) is 0 Å². The van der Waals surface area contributed by atoms with Crippen molar-refractivity contribution in [2.75, 3.05) is 7.05 Å². The number of nitrogens with zero attached hydrogens (tertiary/aromatic N) is 1. The SMILES string of the molecule is Cc1c(CCl)cccc1S(=O)(=O)N(C)C(C)C1CC1. The van der Waals surface area contributed by atoms with E-state index in [1.54, 1.807) is 19.2 Å². The zero-order valence-corrected chi connectivity index (χ0v) is 13.1. The number of benzene rings is 1. The third-order valence-electron chi connectivity index (χ3n) is 4.08. The summed E-state index contributed by atoms with van der Waals surface area (Å²) in [5.41, 5.74) is 1.63. The van der Waals surface area contributed by atoms with Crippen molar-refractivity contribution in [2.24, 2.45) is 5.92 Å². The molecule has 0 heterocycles. The Labute approximate surface area is 120 Å². The lowest BCUT2D eigenvalue weighted by atomic mass is 10.1. The van der Waals surface area contributed by atoms with Crippen molar-refractivity contribution in [3.05, 3.63) is 29.3 Å². The van der Waals surface area contributed by atoms with Gasteiger partial charge in [-0.3, -0.25) is 0 Å². The molecule has 0 saturated heterocycles. The van der Waals surface area contributed by atoms with E-state index >= 15 is 0 Å². The molecule has 1 aromatic rings. The van der Waals surface area contributed by atoms with E-state index in [9.17, 15) is 8.42 Å². The van der Waals surface area contributed by atoms with Crippen LogP contribution in [0.3, 0.4) is 0 Å². The molecule has 0 N–H and O–H groups in total. The number of halogens is 1. The third-order valence-corrected chi connectivity index (χ3v) is 6.45. The maximum Gasteiger partial charge on any atom is 0.243 e. The van der Waals surface area contributed by atoms with Gasteiger partial charge in [0, 0.05) is 19.0 Å². The average Bonchev–Trinajstić information content (AvgIpc) is 3.21. The Morgan fingerprint density at radius 2 is 2.05 bits per heavy atom. The summed E-state index contributed by atoms with van der Waals surface area (Å²) in [6.07, 6.45) is 2.25. The zero-order valence-electron chi connectivity index (χ0n) is 11.6. The molecule has 0 aliphatic heterocycles. The molecule has 5 heteroatoms. The highest BCUT2D eigenvalue weighted by molar-refractivity contribution is 7.89. The van der Waals surface area contributed by atoms with E-state index in [-0.39, 0.29) is 6.04 Å². The van der Waals surface area contributed by atoms with E-state index in [1.165, 1.54) is 4.31 Å². The Balaban J connectivity index is 2.38. The maximum atomic E-state index is 12.7. The van der Waals surface area contributed by atoms with Gasteiger partial charge < -0.3 is 0 Å². The van der Waals surface area contributed by atoms with Crippen LogP contribution in [-0.4, -0.2) is 25.8 Å². The summed E-state index contributed by atoms with van der Waals surface area (Å²) in [5.74, 6) is 0.841. The fourth-order valence-corrected chi connectivity index (χ4v) is 4.31. The van der Waals surface area contributed by atoms with Crippen molar-refractivity contribution in [3.63, 3.8) is 0 Å². The summed E-state index contributed by atoms with van der Waals surface area (Å²) in [4.78, 5) is 0.376. The molecule has 1 aromatic carbocycles. The van der Waals surface area contributed by atoms with Crippen LogP contribution in [0.2, 0.25) is 0 Å². The molecule has 1 atom stereocenters. The fraction of sp³-hybridized carbons (Fsp3) is 0.571. The molecule has 1 saturated carbocycles. The van der Waals surface area contributed by atoms with E-state index < -0.39 is 10.0 Å². The highest BCUT2D eigenvalue weighted by Gasteiger charge is 2.36. The van der Waals surface area contributed by atoms with Crippen LogP contribution in [0.25, 0.3) is 0 Å². The summed E-state index contributed by atoms with van der Waals surface area (Å²) < 4.78 is 26.9. The molecule has 1 aliphatic rings. The van der Waals surface area contributed by atoms with Crippen LogP contribution in [-0.2, 0) is 15.9 Å². The third kappa shape index (κ3) is 2.81. The minimum absolute atomic E-state index is 0.0593. The highest BCUT2D eigenvalue weighted by Crippen LogP contribution is 2.36. The molecule has 0 amide bonds. The standard InChI is InChI=1S/C14H20ClNO2S/c1-10-13(9-15)5-4-6-14(10)19(17,18)16(3)11(2)12-7-8-12/h4-6,11-12H,7-9H2,1-3H3. The Morgan fingerprint density at radius 1 is 1.42 bits per heavy atom. The van der Waals surface area contributed by atoms with E-state index in [0.717, 1.165) is 24.0 Å². The van der Waals surface area contributed by atoms with E-state index in [0.29, 0.717) is 16.7 Å². The van der Waals surface area contributed by atoms with Gasteiger partial charge in [-0.25, -0.2) is 8.42 Å². The second-order valence-corrected chi connectivity index (χ2v) is 7.51. The molecule has 2 rings (SSSR count). The molecule has 1 aliphatic carbocycles. The quantitative estimate of drug-likeness (QED) is 0.784. The molecule has 0 spiro atoms. The molecule has 1 unspecified atom stereocenters. The van der Waals surface area contributed by atoms with Gasteiger partial charge in [0.15, 0.2) is 0 Å². The van der Waals surface area contributed by atoms with E-state index in [1.807, 2.05) is 19.9 Å². The van der Waals surface area contributed by atoms with Gasteiger partial charge in [0.05, 0.1) is 4.90 Å². The van der Waals surface area contributed by atoms with Gasteiger partial charge in [-0.2, -0.15) is 4.31 Å². The fourth-order valence-electron chi connectivity index (χ4n) is 2.33. The Kier molecular flexibility index (Phi) is 4.23. The smallest absolute Gasteiger partial charge is 0.207 e. The van der Waals surface area contributed by atoms with Crippen molar-refractivity contribution in [3.8, 4) is 0 Å². The van der Waals surface area contributed by atoms with Gasteiger partial charge in [-0.15, -0.1) is 11.6 Å². The molecular formula is C14H20ClNO2S. The second kappa shape index (κ2) is 5.43. The van der Waals surface area contributed by atoms with E-state index in [4.69, 9.17) is 11.6 Å². The van der Waals surface area contributed by atoms with Crippen molar-refractivity contribution in [1.29, 1.82) is 0 Å². The first-order valence-electron chi connectivity index (χ1n) is 6.52. The summed E-state index contributed by atoms with van der Waals surface area (Å²) in [7, 11) is -1.76. The summed E-state index contributed by atoms with van der Waals surface area (Å²) >= 11 is 5.85. The molecule has 106 valence electrons. The molecule has 19 heavy (non-hydrogen) atoms. The summed E-state index contributed by atoms with van der Waals surface area (Å²) in [6, 6.07) is 5.35. The minimum Gasteiger partial charge on any atom is -0.207 e. The van der Waals surface area contributed by atoms with Crippen molar-refractivity contribution < 1.29 is 8.42 Å².